The summed E-state index contributed by atoms with van der Waals surface area (Å²) in [6, 6.07) is 8.35. The number of aliphatic hydroxyl groups excluding tert-OH is 1. The summed E-state index contributed by atoms with van der Waals surface area (Å²) in [6.07, 6.45) is 5.16. The zero-order valence-corrected chi connectivity index (χ0v) is 10.8. The van der Waals surface area contributed by atoms with Crippen LogP contribution in [0.25, 0.3) is 6.08 Å². The minimum atomic E-state index is -0.941. The van der Waals surface area contributed by atoms with E-state index in [1.54, 1.807) is 6.08 Å². The van der Waals surface area contributed by atoms with Gasteiger partial charge in [0.2, 0.25) is 0 Å². The van der Waals surface area contributed by atoms with Crippen molar-refractivity contribution in [2.24, 2.45) is 0 Å². The van der Waals surface area contributed by atoms with Gasteiger partial charge in [-0.1, -0.05) is 24.3 Å². The predicted molar refractivity (Wildman–Crippen MR) is 73.6 cm³/mol. The molecule has 0 atom stereocenters. The van der Waals surface area contributed by atoms with Gasteiger partial charge >= 0.3 is 5.97 Å². The fourth-order valence-corrected chi connectivity index (χ4v) is 2.18. The first-order chi connectivity index (χ1) is 9.20. The Balaban J connectivity index is 2.11. The highest BCUT2D eigenvalue weighted by molar-refractivity contribution is 5.85. The first kappa shape index (κ1) is 13.8. The number of rotatable bonds is 7. The number of carboxylic acids is 1. The molecule has 102 valence electrons. The van der Waals surface area contributed by atoms with Gasteiger partial charge < -0.3 is 10.2 Å². The summed E-state index contributed by atoms with van der Waals surface area (Å²) in [5.74, 6) is -0.941. The van der Waals surface area contributed by atoms with Gasteiger partial charge in [-0.15, -0.1) is 0 Å². The topological polar surface area (TPSA) is 60.8 Å². The third kappa shape index (κ3) is 4.19. The van der Waals surface area contributed by atoms with E-state index in [2.05, 4.69) is 4.90 Å². The number of hydrogen-bond donors (Lipinski definition) is 2. The van der Waals surface area contributed by atoms with Crippen LogP contribution in [0, 0.1) is 0 Å². The van der Waals surface area contributed by atoms with Crippen molar-refractivity contribution in [1.29, 1.82) is 0 Å². The number of nitrogens with zero attached hydrogens (tertiary/aromatic N) is 1. The molecule has 0 saturated heterocycles. The van der Waals surface area contributed by atoms with E-state index in [0.29, 0.717) is 12.6 Å². The van der Waals surface area contributed by atoms with Crippen LogP contribution in [0.4, 0.5) is 0 Å². The molecule has 19 heavy (non-hydrogen) atoms. The Morgan fingerprint density at radius 1 is 1.37 bits per heavy atom. The van der Waals surface area contributed by atoms with Gasteiger partial charge in [0.25, 0.3) is 0 Å². The Morgan fingerprint density at radius 2 is 2.11 bits per heavy atom. The molecule has 0 heterocycles. The number of aliphatic hydroxyl groups is 1. The zero-order valence-electron chi connectivity index (χ0n) is 10.8. The summed E-state index contributed by atoms with van der Waals surface area (Å²) in [5.41, 5.74) is 2.02. The van der Waals surface area contributed by atoms with Gasteiger partial charge in [0, 0.05) is 25.2 Å². The van der Waals surface area contributed by atoms with Crippen LogP contribution in [0.15, 0.2) is 30.3 Å². The smallest absolute Gasteiger partial charge is 0.328 e. The summed E-state index contributed by atoms with van der Waals surface area (Å²) in [7, 11) is 0. The van der Waals surface area contributed by atoms with Gasteiger partial charge in [-0.2, -0.15) is 0 Å². The quantitative estimate of drug-likeness (QED) is 0.734. The van der Waals surface area contributed by atoms with Crippen molar-refractivity contribution < 1.29 is 15.0 Å². The van der Waals surface area contributed by atoms with E-state index in [0.717, 1.165) is 23.7 Å². The molecule has 1 aromatic carbocycles. The summed E-state index contributed by atoms with van der Waals surface area (Å²) >= 11 is 0. The summed E-state index contributed by atoms with van der Waals surface area (Å²) in [5, 5.41) is 17.8. The summed E-state index contributed by atoms with van der Waals surface area (Å²) in [4.78, 5) is 12.9. The zero-order chi connectivity index (χ0) is 13.7. The van der Waals surface area contributed by atoms with Crippen LogP contribution in [0.5, 0.6) is 0 Å². The molecular formula is C15H19NO3. The van der Waals surface area contributed by atoms with E-state index in [1.165, 1.54) is 12.8 Å². The number of carboxylic acid groups (broad SMARTS) is 1. The Labute approximate surface area is 113 Å². The molecule has 1 aliphatic carbocycles. The van der Waals surface area contributed by atoms with Gasteiger partial charge in [-0.05, 0) is 30.0 Å². The average Bonchev–Trinajstić information content (AvgIpc) is 3.21. The standard InChI is InChI=1S/C15H19NO3/c17-10-9-16(14-6-7-14)11-13-4-2-1-3-12(13)5-8-15(18)19/h1-5,8,14,17H,6-7,9-11H2,(H,18,19). The van der Waals surface area contributed by atoms with Gasteiger partial charge in [0.05, 0.1) is 6.61 Å². The van der Waals surface area contributed by atoms with Crippen molar-refractivity contribution in [2.75, 3.05) is 13.2 Å². The Hall–Kier alpha value is -1.65. The highest BCUT2D eigenvalue weighted by Gasteiger charge is 2.28. The minimum Gasteiger partial charge on any atom is -0.478 e. The lowest BCUT2D eigenvalue weighted by molar-refractivity contribution is -0.131. The molecule has 0 unspecified atom stereocenters. The van der Waals surface area contributed by atoms with Crippen molar-refractivity contribution in [3.05, 3.63) is 41.5 Å². The maximum Gasteiger partial charge on any atom is 0.328 e. The molecule has 1 saturated carbocycles. The van der Waals surface area contributed by atoms with Crippen LogP contribution in [-0.4, -0.2) is 40.3 Å². The Morgan fingerprint density at radius 3 is 2.74 bits per heavy atom. The summed E-state index contributed by atoms with van der Waals surface area (Å²) in [6.45, 7) is 1.58. The van der Waals surface area contributed by atoms with Crippen molar-refractivity contribution in [3.8, 4) is 0 Å². The molecule has 0 aliphatic heterocycles. The number of benzene rings is 1. The lowest BCUT2D eigenvalue weighted by Crippen LogP contribution is -2.28. The third-order valence-electron chi connectivity index (χ3n) is 3.28. The maximum atomic E-state index is 10.6. The molecule has 1 aromatic rings. The molecule has 4 nitrogen and oxygen atoms in total. The molecule has 0 radical (unpaired) electrons. The first-order valence-electron chi connectivity index (χ1n) is 6.54. The van der Waals surface area contributed by atoms with Crippen LogP contribution in [0.1, 0.15) is 24.0 Å². The fraction of sp³-hybridized carbons (Fsp3) is 0.400. The van der Waals surface area contributed by atoms with E-state index in [1.807, 2.05) is 24.3 Å². The van der Waals surface area contributed by atoms with Gasteiger partial charge in [-0.3, -0.25) is 4.90 Å². The van der Waals surface area contributed by atoms with Crippen LogP contribution >= 0.6 is 0 Å². The Kier molecular flexibility index (Phi) is 4.71. The number of carbonyl (C=O) groups is 1. The predicted octanol–water partition coefficient (Wildman–Crippen LogP) is 1.74. The van der Waals surface area contributed by atoms with Crippen LogP contribution < -0.4 is 0 Å². The van der Waals surface area contributed by atoms with E-state index in [-0.39, 0.29) is 6.61 Å². The second-order valence-corrected chi connectivity index (χ2v) is 4.80. The lowest BCUT2D eigenvalue weighted by atomic mass is 10.1. The van der Waals surface area contributed by atoms with E-state index >= 15 is 0 Å². The molecular weight excluding hydrogens is 242 g/mol. The molecule has 1 aliphatic rings. The third-order valence-corrected chi connectivity index (χ3v) is 3.28. The van der Waals surface area contributed by atoms with Crippen molar-refractivity contribution in [1.82, 2.24) is 4.90 Å². The minimum absolute atomic E-state index is 0.156. The first-order valence-corrected chi connectivity index (χ1v) is 6.54. The number of hydrogen-bond acceptors (Lipinski definition) is 3. The van der Waals surface area contributed by atoms with Gasteiger partial charge in [-0.25, -0.2) is 4.79 Å². The van der Waals surface area contributed by atoms with Gasteiger partial charge in [0.15, 0.2) is 0 Å². The molecule has 0 bridgehead atoms. The van der Waals surface area contributed by atoms with Crippen molar-refractivity contribution >= 4 is 12.0 Å². The van der Waals surface area contributed by atoms with E-state index in [4.69, 9.17) is 10.2 Å². The van der Waals surface area contributed by atoms with Crippen LogP contribution in [-0.2, 0) is 11.3 Å². The molecule has 2 rings (SSSR count). The normalized spacial score (nSPS) is 15.3. The lowest BCUT2D eigenvalue weighted by Gasteiger charge is -2.21. The van der Waals surface area contributed by atoms with E-state index < -0.39 is 5.97 Å². The molecule has 0 spiro atoms. The molecule has 4 heteroatoms. The largest absolute Gasteiger partial charge is 0.478 e. The van der Waals surface area contributed by atoms with E-state index in [9.17, 15) is 4.79 Å². The Bertz CT molecular complexity index is 466. The highest BCUT2D eigenvalue weighted by atomic mass is 16.4. The van der Waals surface area contributed by atoms with Crippen LogP contribution in [0.2, 0.25) is 0 Å². The molecule has 0 aromatic heterocycles. The monoisotopic (exact) mass is 261 g/mol. The second kappa shape index (κ2) is 6.50. The SMILES string of the molecule is O=C(O)C=Cc1ccccc1CN(CCO)C1CC1. The van der Waals surface area contributed by atoms with Crippen LogP contribution in [0.3, 0.4) is 0 Å². The molecule has 2 N–H and O–H groups in total. The van der Waals surface area contributed by atoms with Crippen molar-refractivity contribution in [2.45, 2.75) is 25.4 Å². The van der Waals surface area contributed by atoms with Gasteiger partial charge in [0.1, 0.15) is 0 Å². The second-order valence-electron chi connectivity index (χ2n) is 4.80. The molecule has 0 amide bonds. The number of aliphatic carboxylic acids is 1. The average molecular weight is 261 g/mol. The fourth-order valence-electron chi connectivity index (χ4n) is 2.18. The maximum absolute atomic E-state index is 10.6. The van der Waals surface area contributed by atoms with Crippen molar-refractivity contribution in [3.63, 3.8) is 0 Å². The molecule has 1 fully saturated rings. The summed E-state index contributed by atoms with van der Waals surface area (Å²) < 4.78 is 0. The highest BCUT2D eigenvalue weighted by Crippen LogP contribution is 2.28.